The number of aromatic amines is 1. The number of amides is 1. The summed E-state index contributed by atoms with van der Waals surface area (Å²) < 4.78 is 5.20. The van der Waals surface area contributed by atoms with Crippen molar-refractivity contribution in [2.75, 3.05) is 7.11 Å². The van der Waals surface area contributed by atoms with E-state index in [9.17, 15) is 19.8 Å². The Morgan fingerprint density at radius 3 is 2.58 bits per heavy atom. The molecule has 1 atom stereocenters. The quantitative estimate of drug-likeness (QED) is 0.387. The van der Waals surface area contributed by atoms with Crippen LogP contribution in [0.15, 0.2) is 78.6 Å². The number of likely N-dealkylation sites (tertiary alicyclic amines) is 1. The number of phenols is 1. The summed E-state index contributed by atoms with van der Waals surface area (Å²) >= 11 is 0. The molecule has 0 saturated carbocycles. The lowest BCUT2D eigenvalue weighted by atomic mass is 9.95. The number of carbonyl (C=O) groups is 2. The van der Waals surface area contributed by atoms with E-state index in [0.29, 0.717) is 11.1 Å². The lowest BCUT2D eigenvalue weighted by Gasteiger charge is -2.27. The highest BCUT2D eigenvalue weighted by Crippen LogP contribution is 2.41. The number of aromatic hydroxyl groups is 1. The van der Waals surface area contributed by atoms with E-state index in [1.807, 2.05) is 6.07 Å². The van der Waals surface area contributed by atoms with Gasteiger partial charge in [0.1, 0.15) is 0 Å². The Bertz CT molecular complexity index is 1160. The Hall–Kier alpha value is -4.13. The van der Waals surface area contributed by atoms with Gasteiger partial charge in [0, 0.05) is 17.2 Å². The number of hydrogen-bond acceptors (Lipinski definition) is 5. The van der Waals surface area contributed by atoms with Crippen LogP contribution < -0.4 is 14.8 Å². The highest BCUT2D eigenvalue weighted by molar-refractivity contribution is 6.46. The number of H-pyrrole nitrogens is 1. The molecule has 2 N–H and O–H groups in total. The van der Waals surface area contributed by atoms with Crippen molar-refractivity contribution in [1.29, 1.82) is 0 Å². The number of carbonyl (C=O) groups excluding carboxylic acids is 2. The maximum absolute atomic E-state index is 13.3. The Labute approximate surface area is 178 Å². The number of nitrogens with zero attached hydrogens (tertiary/aromatic N) is 1. The molecule has 2 aromatic carbocycles. The van der Waals surface area contributed by atoms with Crippen molar-refractivity contribution in [2.24, 2.45) is 0 Å². The number of nitrogens with one attached hydrogen (secondary N) is 1. The lowest BCUT2D eigenvalue weighted by Crippen LogP contribution is -2.29. The third-order valence-electron chi connectivity index (χ3n) is 5.21. The van der Waals surface area contributed by atoms with Crippen LogP contribution in [0.1, 0.15) is 22.7 Å². The number of pyridine rings is 1. The summed E-state index contributed by atoms with van der Waals surface area (Å²) in [5, 5.41) is 23.3. The minimum Gasteiger partial charge on any atom is -0.872 e. The van der Waals surface area contributed by atoms with Crippen molar-refractivity contribution in [1.82, 2.24) is 4.90 Å². The van der Waals surface area contributed by atoms with E-state index in [-0.39, 0.29) is 23.6 Å². The molecule has 7 nitrogen and oxygen atoms in total. The van der Waals surface area contributed by atoms with E-state index >= 15 is 0 Å². The first-order chi connectivity index (χ1) is 15.0. The molecule has 0 spiro atoms. The van der Waals surface area contributed by atoms with Gasteiger partial charge in [0.25, 0.3) is 5.91 Å². The molecule has 1 unspecified atom stereocenters. The number of ketones is 1. The van der Waals surface area contributed by atoms with Crippen LogP contribution in [0.25, 0.3) is 5.76 Å². The molecule has 1 fully saturated rings. The van der Waals surface area contributed by atoms with Crippen LogP contribution in [0.3, 0.4) is 0 Å². The van der Waals surface area contributed by atoms with Gasteiger partial charge in [0.05, 0.1) is 19.7 Å². The van der Waals surface area contributed by atoms with E-state index in [2.05, 4.69) is 4.98 Å². The first-order valence-corrected chi connectivity index (χ1v) is 9.65. The summed E-state index contributed by atoms with van der Waals surface area (Å²) in [7, 11) is 1.40. The van der Waals surface area contributed by atoms with Gasteiger partial charge >= 0.3 is 0 Å². The fourth-order valence-corrected chi connectivity index (χ4v) is 3.71. The summed E-state index contributed by atoms with van der Waals surface area (Å²) in [6.07, 6.45) is 3.46. The van der Waals surface area contributed by atoms with Crippen molar-refractivity contribution < 1.29 is 29.5 Å². The van der Waals surface area contributed by atoms with E-state index in [1.54, 1.807) is 54.9 Å². The van der Waals surface area contributed by atoms with Gasteiger partial charge in [0.2, 0.25) is 5.78 Å². The molecule has 4 rings (SSSR count). The summed E-state index contributed by atoms with van der Waals surface area (Å²) in [5.74, 6) is -1.98. The molecule has 1 aromatic heterocycles. The van der Waals surface area contributed by atoms with Crippen LogP contribution in [-0.4, -0.2) is 28.8 Å². The molecule has 31 heavy (non-hydrogen) atoms. The average molecular weight is 416 g/mol. The zero-order chi connectivity index (χ0) is 22.0. The number of Topliss-reactive ketones (excluding diaryl/α,β-unsaturated/α-hetero) is 1. The molecule has 1 saturated heterocycles. The third kappa shape index (κ3) is 3.73. The molecule has 1 aliphatic rings. The highest BCUT2D eigenvalue weighted by atomic mass is 16.5. The Morgan fingerprint density at radius 1 is 1.13 bits per heavy atom. The smallest absolute Gasteiger partial charge is 0.295 e. The van der Waals surface area contributed by atoms with Gasteiger partial charge in [-0.05, 0) is 29.3 Å². The summed E-state index contributed by atoms with van der Waals surface area (Å²) in [4.78, 5) is 30.3. The number of ether oxygens (including phenoxy) is 1. The van der Waals surface area contributed by atoms with Crippen LogP contribution in [-0.2, 0) is 16.1 Å². The molecule has 0 aliphatic carbocycles. The maximum atomic E-state index is 13.3. The normalized spacial score (nSPS) is 17.7. The van der Waals surface area contributed by atoms with E-state index < -0.39 is 23.5 Å². The average Bonchev–Trinajstić information content (AvgIpc) is 3.05. The molecule has 7 heteroatoms. The van der Waals surface area contributed by atoms with Crippen molar-refractivity contribution in [2.45, 2.75) is 12.6 Å². The zero-order valence-electron chi connectivity index (χ0n) is 16.7. The molecule has 3 aromatic rings. The Kier molecular flexibility index (Phi) is 5.41. The number of methoxy groups -OCH3 is 1. The second-order valence-electron chi connectivity index (χ2n) is 7.12. The SMILES string of the molecule is COc1cc(C2/C(=C(\[O-])c3ccccc3)C(=O)C(=O)N2Cc2ccc[nH+]c2)ccc1O. The van der Waals surface area contributed by atoms with Crippen molar-refractivity contribution in [3.8, 4) is 11.5 Å². The number of aromatic nitrogens is 1. The monoisotopic (exact) mass is 416 g/mol. The highest BCUT2D eigenvalue weighted by Gasteiger charge is 2.44. The van der Waals surface area contributed by atoms with Gasteiger partial charge in [-0.15, -0.1) is 0 Å². The predicted octanol–water partition coefficient (Wildman–Crippen LogP) is 1.64. The second kappa shape index (κ2) is 8.31. The summed E-state index contributed by atoms with van der Waals surface area (Å²) in [6.45, 7) is 0.126. The molecular formula is C24H20N2O5. The molecular weight excluding hydrogens is 396 g/mol. The standard InChI is InChI=1S/C24H20N2O5/c1-31-19-12-17(9-10-18(19)27)21-20(22(28)16-7-3-2-4-8-16)23(29)24(30)26(21)14-15-6-5-11-25-13-15/h2-13,21,27-28H,14H2,1H3/b22-20+. The number of rotatable bonds is 5. The number of benzene rings is 2. The first kappa shape index (κ1) is 20.2. The Morgan fingerprint density at radius 2 is 1.90 bits per heavy atom. The topological polar surface area (TPSA) is 104 Å². The predicted molar refractivity (Wildman–Crippen MR) is 109 cm³/mol. The first-order valence-electron chi connectivity index (χ1n) is 9.65. The van der Waals surface area contributed by atoms with Crippen LogP contribution in [0.2, 0.25) is 0 Å². The van der Waals surface area contributed by atoms with E-state index in [4.69, 9.17) is 4.74 Å². The molecule has 156 valence electrons. The van der Waals surface area contributed by atoms with Gasteiger partial charge < -0.3 is 19.8 Å². The van der Waals surface area contributed by atoms with Crippen LogP contribution in [0.5, 0.6) is 11.5 Å². The van der Waals surface area contributed by atoms with Crippen LogP contribution in [0, 0.1) is 0 Å². The molecule has 2 heterocycles. The van der Waals surface area contributed by atoms with Gasteiger partial charge in [-0.1, -0.05) is 42.2 Å². The number of hydrogen-bond donors (Lipinski definition) is 1. The van der Waals surface area contributed by atoms with Crippen LogP contribution >= 0.6 is 0 Å². The van der Waals surface area contributed by atoms with Gasteiger partial charge in [-0.25, -0.2) is 4.98 Å². The molecule has 0 bridgehead atoms. The van der Waals surface area contributed by atoms with Crippen molar-refractivity contribution in [3.63, 3.8) is 0 Å². The maximum Gasteiger partial charge on any atom is 0.295 e. The largest absolute Gasteiger partial charge is 0.872 e. The van der Waals surface area contributed by atoms with E-state index in [0.717, 1.165) is 5.56 Å². The van der Waals surface area contributed by atoms with Crippen molar-refractivity contribution >= 4 is 17.4 Å². The lowest BCUT2D eigenvalue weighted by molar-refractivity contribution is -0.378. The summed E-state index contributed by atoms with van der Waals surface area (Å²) in [5.41, 5.74) is 1.47. The van der Waals surface area contributed by atoms with Gasteiger partial charge in [-0.3, -0.25) is 9.59 Å². The fraction of sp³-hybridized carbons (Fsp3) is 0.125. The van der Waals surface area contributed by atoms with Crippen LogP contribution in [0.4, 0.5) is 0 Å². The minimum atomic E-state index is -0.914. The van der Waals surface area contributed by atoms with Crippen molar-refractivity contribution in [3.05, 3.63) is 95.3 Å². The molecule has 1 amide bonds. The minimum absolute atomic E-state index is 0.0814. The molecule has 1 aliphatic heterocycles. The zero-order valence-corrected chi connectivity index (χ0v) is 16.7. The van der Waals surface area contributed by atoms with Gasteiger partial charge in [-0.2, -0.15) is 0 Å². The Balaban J connectivity index is 1.89. The second-order valence-corrected chi connectivity index (χ2v) is 7.12. The van der Waals surface area contributed by atoms with E-state index in [1.165, 1.54) is 24.1 Å². The fourth-order valence-electron chi connectivity index (χ4n) is 3.71. The third-order valence-corrected chi connectivity index (χ3v) is 5.21. The van der Waals surface area contributed by atoms with Gasteiger partial charge in [0.15, 0.2) is 23.9 Å². The number of phenolic OH excluding ortho intramolecular Hbond substituents is 1. The summed E-state index contributed by atoms with van der Waals surface area (Å²) in [6, 6.07) is 15.6. The molecule has 0 radical (unpaired) electrons.